The van der Waals surface area contributed by atoms with Crippen molar-refractivity contribution in [1.29, 1.82) is 0 Å². The molecule has 2 heterocycles. The molecular weight excluding hydrogens is 332 g/mol. The van der Waals surface area contributed by atoms with E-state index in [-0.39, 0.29) is 0 Å². The molecule has 0 aliphatic carbocycles. The molecule has 5 heteroatoms. The van der Waals surface area contributed by atoms with Crippen LogP contribution in [0.1, 0.15) is 5.56 Å². The summed E-state index contributed by atoms with van der Waals surface area (Å²) in [6, 6.07) is 16.1. The Bertz CT molecular complexity index is 928. The fraction of sp³-hybridized carbons (Fsp3) is 0.190. The van der Waals surface area contributed by atoms with Crippen LogP contribution in [-0.2, 0) is 6.54 Å². The maximum atomic E-state index is 13.8. The summed E-state index contributed by atoms with van der Waals surface area (Å²) in [5.74, 6) is -1.65. The van der Waals surface area contributed by atoms with Gasteiger partial charge in [0.2, 0.25) is 0 Å². The van der Waals surface area contributed by atoms with Crippen molar-refractivity contribution >= 4 is 11.4 Å². The van der Waals surface area contributed by atoms with Crippen molar-refractivity contribution in [1.82, 2.24) is 9.88 Å². The van der Waals surface area contributed by atoms with Crippen LogP contribution < -0.4 is 4.90 Å². The van der Waals surface area contributed by atoms with Gasteiger partial charge in [-0.15, -0.1) is 0 Å². The number of hydrogen-bond donors (Lipinski definition) is 0. The van der Waals surface area contributed by atoms with Crippen LogP contribution >= 0.6 is 0 Å². The van der Waals surface area contributed by atoms with Gasteiger partial charge in [0.25, 0.3) is 0 Å². The summed E-state index contributed by atoms with van der Waals surface area (Å²) in [6.07, 6.45) is 1.78. The molecule has 26 heavy (non-hydrogen) atoms. The number of likely N-dealkylation sites (N-methyl/N-ethyl adjacent to an activating group) is 1. The minimum atomic E-state index is -0.827. The molecular formula is C21H19F2N3. The zero-order chi connectivity index (χ0) is 18.1. The van der Waals surface area contributed by atoms with Gasteiger partial charge in [-0.2, -0.15) is 0 Å². The molecule has 2 aromatic carbocycles. The largest absolute Gasteiger partial charge is 0.340 e. The molecule has 132 valence electrons. The second-order valence-electron chi connectivity index (χ2n) is 6.55. The quantitative estimate of drug-likeness (QED) is 0.672. The first kappa shape index (κ1) is 16.7. The van der Waals surface area contributed by atoms with Gasteiger partial charge < -0.3 is 9.80 Å². The van der Waals surface area contributed by atoms with E-state index in [1.165, 1.54) is 12.1 Å². The Balaban J connectivity index is 1.79. The van der Waals surface area contributed by atoms with Gasteiger partial charge in [-0.05, 0) is 49.0 Å². The van der Waals surface area contributed by atoms with Crippen LogP contribution in [0.3, 0.4) is 0 Å². The summed E-state index contributed by atoms with van der Waals surface area (Å²) >= 11 is 0. The van der Waals surface area contributed by atoms with E-state index in [4.69, 9.17) is 0 Å². The molecule has 1 aliphatic rings. The van der Waals surface area contributed by atoms with E-state index in [0.29, 0.717) is 12.2 Å². The van der Waals surface area contributed by atoms with Crippen molar-refractivity contribution in [2.24, 2.45) is 0 Å². The Labute approximate surface area is 151 Å². The highest BCUT2D eigenvalue weighted by atomic mass is 19.2. The maximum absolute atomic E-state index is 13.8. The number of pyridine rings is 1. The lowest BCUT2D eigenvalue weighted by Gasteiger charge is -2.25. The highest BCUT2D eigenvalue weighted by Gasteiger charge is 2.21. The minimum absolute atomic E-state index is 0.658. The van der Waals surface area contributed by atoms with Crippen molar-refractivity contribution in [2.45, 2.75) is 6.54 Å². The van der Waals surface area contributed by atoms with Crippen LogP contribution in [0.25, 0.3) is 11.3 Å². The van der Waals surface area contributed by atoms with E-state index in [2.05, 4.69) is 23.0 Å². The second-order valence-corrected chi connectivity index (χ2v) is 6.55. The lowest BCUT2D eigenvalue weighted by molar-refractivity contribution is 0.343. The van der Waals surface area contributed by atoms with E-state index >= 15 is 0 Å². The Hall–Kier alpha value is -2.79. The molecule has 3 nitrogen and oxygen atoms in total. The average Bonchev–Trinajstić information content (AvgIpc) is 2.82. The van der Waals surface area contributed by atoms with Crippen LogP contribution in [0.5, 0.6) is 0 Å². The van der Waals surface area contributed by atoms with Crippen LogP contribution in [0.15, 0.2) is 60.8 Å². The normalized spacial score (nSPS) is 14.8. The molecule has 0 spiro atoms. The predicted molar refractivity (Wildman–Crippen MR) is 99.4 cm³/mol. The Kier molecular flexibility index (Phi) is 4.39. The minimum Gasteiger partial charge on any atom is -0.340 e. The lowest BCUT2D eigenvalue weighted by atomic mass is 10.0. The third-order valence-corrected chi connectivity index (χ3v) is 4.69. The number of rotatable bonds is 2. The van der Waals surface area contributed by atoms with Gasteiger partial charge >= 0.3 is 0 Å². The Morgan fingerprint density at radius 3 is 2.58 bits per heavy atom. The first-order valence-electron chi connectivity index (χ1n) is 8.57. The molecule has 0 N–H and O–H groups in total. The van der Waals surface area contributed by atoms with Gasteiger partial charge in [-0.25, -0.2) is 8.78 Å². The summed E-state index contributed by atoms with van der Waals surface area (Å²) in [5, 5.41) is 0. The third kappa shape index (κ3) is 3.18. The molecule has 0 radical (unpaired) electrons. The molecule has 0 unspecified atom stereocenters. The molecule has 1 aromatic heterocycles. The second kappa shape index (κ2) is 6.84. The van der Waals surface area contributed by atoms with E-state index in [9.17, 15) is 8.78 Å². The van der Waals surface area contributed by atoms with Crippen molar-refractivity contribution in [3.8, 4) is 11.3 Å². The van der Waals surface area contributed by atoms with Gasteiger partial charge in [0.15, 0.2) is 11.6 Å². The summed E-state index contributed by atoms with van der Waals surface area (Å²) in [5.41, 5.74) is 4.77. The topological polar surface area (TPSA) is 19.4 Å². The Morgan fingerprint density at radius 1 is 0.923 bits per heavy atom. The standard InChI is InChI=1S/C21H19F2N3/c1-25-10-11-26(17-6-7-18(22)19(23)13-17)21-8-5-15(12-16(21)14-25)20-4-2-3-9-24-20/h2-9,12-13H,10-11,14H2,1H3. The highest BCUT2D eigenvalue weighted by Crippen LogP contribution is 2.34. The van der Waals surface area contributed by atoms with Gasteiger partial charge in [0, 0.05) is 48.8 Å². The first-order chi connectivity index (χ1) is 12.6. The molecule has 0 saturated carbocycles. The van der Waals surface area contributed by atoms with Crippen LogP contribution in [0.4, 0.5) is 20.2 Å². The molecule has 1 aliphatic heterocycles. The van der Waals surface area contributed by atoms with E-state index in [1.807, 2.05) is 35.2 Å². The fourth-order valence-corrected chi connectivity index (χ4v) is 3.35. The number of hydrogen-bond acceptors (Lipinski definition) is 3. The van der Waals surface area contributed by atoms with Crippen molar-refractivity contribution in [2.75, 3.05) is 25.0 Å². The SMILES string of the molecule is CN1CCN(c2ccc(F)c(F)c2)c2ccc(-c3ccccn3)cc2C1. The van der Waals surface area contributed by atoms with Crippen LogP contribution in [0.2, 0.25) is 0 Å². The maximum Gasteiger partial charge on any atom is 0.160 e. The average molecular weight is 351 g/mol. The molecule has 3 aromatic rings. The smallest absolute Gasteiger partial charge is 0.160 e. The van der Waals surface area contributed by atoms with Crippen LogP contribution in [0, 0.1) is 11.6 Å². The lowest BCUT2D eigenvalue weighted by Crippen LogP contribution is -2.26. The number of fused-ring (bicyclic) bond motifs is 1. The first-order valence-corrected chi connectivity index (χ1v) is 8.57. The summed E-state index contributed by atoms with van der Waals surface area (Å²) in [6.45, 7) is 2.32. The van der Waals surface area contributed by atoms with E-state index < -0.39 is 11.6 Å². The molecule has 0 amide bonds. The van der Waals surface area contributed by atoms with Crippen LogP contribution in [-0.4, -0.2) is 30.0 Å². The van der Waals surface area contributed by atoms with Gasteiger partial charge in [0.05, 0.1) is 5.69 Å². The molecule has 0 atom stereocenters. The third-order valence-electron chi connectivity index (χ3n) is 4.69. The molecule has 0 fully saturated rings. The number of halogens is 2. The van der Waals surface area contributed by atoms with Gasteiger partial charge in [0.1, 0.15) is 0 Å². The predicted octanol–water partition coefficient (Wildman–Crippen LogP) is 4.61. The summed E-state index contributed by atoms with van der Waals surface area (Å²) < 4.78 is 27.1. The Morgan fingerprint density at radius 2 is 1.81 bits per heavy atom. The monoisotopic (exact) mass is 351 g/mol. The van der Waals surface area contributed by atoms with Crippen molar-refractivity contribution in [3.05, 3.63) is 78.0 Å². The summed E-state index contributed by atoms with van der Waals surface area (Å²) in [7, 11) is 2.06. The summed E-state index contributed by atoms with van der Waals surface area (Å²) in [4.78, 5) is 8.69. The van der Waals surface area contributed by atoms with Crippen molar-refractivity contribution < 1.29 is 8.78 Å². The highest BCUT2D eigenvalue weighted by molar-refractivity contribution is 5.72. The van der Waals surface area contributed by atoms with Gasteiger partial charge in [-0.1, -0.05) is 12.1 Å². The van der Waals surface area contributed by atoms with E-state index in [0.717, 1.165) is 35.6 Å². The number of nitrogens with zero attached hydrogens (tertiary/aromatic N) is 3. The zero-order valence-electron chi connectivity index (χ0n) is 14.5. The molecule has 0 bridgehead atoms. The zero-order valence-corrected chi connectivity index (χ0v) is 14.5. The number of benzene rings is 2. The molecule has 4 rings (SSSR count). The number of anilines is 2. The fourth-order valence-electron chi connectivity index (χ4n) is 3.35. The molecule has 0 saturated heterocycles. The number of aromatic nitrogens is 1. The van der Waals surface area contributed by atoms with E-state index in [1.54, 1.807) is 12.3 Å². The van der Waals surface area contributed by atoms with Crippen molar-refractivity contribution in [3.63, 3.8) is 0 Å². The van der Waals surface area contributed by atoms with Gasteiger partial charge in [-0.3, -0.25) is 4.98 Å².